The third-order valence-electron chi connectivity index (χ3n) is 3.10. The van der Waals surface area contributed by atoms with Crippen molar-refractivity contribution in [2.24, 2.45) is 0 Å². The molecule has 0 bridgehead atoms. The van der Waals surface area contributed by atoms with E-state index in [4.69, 9.17) is 14.2 Å². The summed E-state index contributed by atoms with van der Waals surface area (Å²) in [5, 5.41) is 10.0. The first-order valence-electron chi connectivity index (χ1n) is 6.65. The van der Waals surface area contributed by atoms with E-state index in [1.165, 1.54) is 27.4 Å². The Hall–Kier alpha value is -1.91. The summed E-state index contributed by atoms with van der Waals surface area (Å²) in [6, 6.07) is 1.37. The van der Waals surface area contributed by atoms with Crippen molar-refractivity contribution in [3.8, 4) is 23.0 Å². The van der Waals surface area contributed by atoms with Gasteiger partial charge in [-0.3, -0.25) is 4.79 Å². The Kier molecular flexibility index (Phi) is 6.15. The molecule has 0 unspecified atom stereocenters. The Labute approximate surface area is 119 Å². The molecule has 1 N–H and O–H groups in total. The number of rotatable bonds is 8. The molecular weight excluding hydrogens is 260 g/mol. The topological polar surface area (TPSA) is 65.0 Å². The molecule has 20 heavy (non-hydrogen) atoms. The normalized spacial score (nSPS) is 10.2. The van der Waals surface area contributed by atoms with Crippen LogP contribution in [-0.4, -0.2) is 32.2 Å². The van der Waals surface area contributed by atoms with Crippen LogP contribution in [0.15, 0.2) is 6.07 Å². The maximum absolute atomic E-state index is 12.3. The predicted molar refractivity (Wildman–Crippen MR) is 76.2 cm³/mol. The summed E-state index contributed by atoms with van der Waals surface area (Å²) in [4.78, 5) is 12.3. The molecule has 1 aromatic carbocycles. The van der Waals surface area contributed by atoms with Crippen LogP contribution in [0.25, 0.3) is 0 Å². The van der Waals surface area contributed by atoms with Crippen molar-refractivity contribution in [3.63, 3.8) is 0 Å². The lowest BCUT2D eigenvalue weighted by atomic mass is 10.0. The fraction of sp³-hybridized carbons (Fsp3) is 0.533. The van der Waals surface area contributed by atoms with E-state index in [1.807, 2.05) is 0 Å². The van der Waals surface area contributed by atoms with Gasteiger partial charge in [-0.1, -0.05) is 19.8 Å². The molecule has 0 aliphatic rings. The monoisotopic (exact) mass is 282 g/mol. The molecule has 0 aliphatic carbocycles. The number of ketones is 1. The summed E-state index contributed by atoms with van der Waals surface area (Å²) in [6.07, 6.45) is 3.16. The van der Waals surface area contributed by atoms with E-state index in [0.717, 1.165) is 19.3 Å². The maximum atomic E-state index is 12.3. The summed E-state index contributed by atoms with van der Waals surface area (Å²) in [6.45, 7) is 2.07. The van der Waals surface area contributed by atoms with E-state index in [2.05, 4.69) is 6.92 Å². The molecule has 0 aliphatic heterocycles. The van der Waals surface area contributed by atoms with Crippen molar-refractivity contribution in [1.29, 1.82) is 0 Å². The molecule has 5 nitrogen and oxygen atoms in total. The average Bonchev–Trinajstić information content (AvgIpc) is 2.45. The second kappa shape index (κ2) is 7.62. The predicted octanol–water partition coefficient (Wildman–Crippen LogP) is 3.18. The number of methoxy groups -OCH3 is 3. The second-order valence-electron chi connectivity index (χ2n) is 4.42. The van der Waals surface area contributed by atoms with Gasteiger partial charge in [-0.2, -0.15) is 0 Å². The highest BCUT2D eigenvalue weighted by Crippen LogP contribution is 2.45. The van der Waals surface area contributed by atoms with Crippen LogP contribution in [0.1, 0.15) is 43.0 Å². The Bertz CT molecular complexity index is 468. The summed E-state index contributed by atoms with van der Waals surface area (Å²) < 4.78 is 15.6. The molecule has 0 saturated carbocycles. The molecule has 112 valence electrons. The van der Waals surface area contributed by atoms with Gasteiger partial charge in [-0.15, -0.1) is 0 Å². The van der Waals surface area contributed by atoms with Gasteiger partial charge in [-0.25, -0.2) is 0 Å². The molecule has 0 aromatic heterocycles. The van der Waals surface area contributed by atoms with Crippen molar-refractivity contribution in [2.75, 3.05) is 21.3 Å². The summed E-state index contributed by atoms with van der Waals surface area (Å²) in [5.41, 5.74) is 0.154. The van der Waals surface area contributed by atoms with Gasteiger partial charge < -0.3 is 19.3 Å². The molecule has 0 fully saturated rings. The first-order valence-corrected chi connectivity index (χ1v) is 6.65. The van der Waals surface area contributed by atoms with Gasteiger partial charge >= 0.3 is 0 Å². The van der Waals surface area contributed by atoms with Gasteiger partial charge in [0.25, 0.3) is 0 Å². The van der Waals surface area contributed by atoms with E-state index in [0.29, 0.717) is 17.9 Å². The van der Waals surface area contributed by atoms with Crippen LogP contribution in [0.5, 0.6) is 23.0 Å². The summed E-state index contributed by atoms with van der Waals surface area (Å²) in [5.74, 6) is 0.541. The van der Waals surface area contributed by atoms with Crippen LogP contribution in [0.2, 0.25) is 0 Å². The first-order chi connectivity index (χ1) is 9.60. The quantitative estimate of drug-likeness (QED) is 0.586. The molecule has 0 amide bonds. The highest BCUT2D eigenvalue weighted by Gasteiger charge is 2.24. The number of phenolic OH excluding ortho intramolecular Hbond substituents is 1. The summed E-state index contributed by atoms with van der Waals surface area (Å²) >= 11 is 0. The number of unbranched alkanes of at least 4 members (excludes halogenated alkanes) is 2. The van der Waals surface area contributed by atoms with Crippen LogP contribution >= 0.6 is 0 Å². The van der Waals surface area contributed by atoms with Crippen molar-refractivity contribution >= 4 is 5.78 Å². The number of benzene rings is 1. The molecule has 0 radical (unpaired) electrons. The van der Waals surface area contributed by atoms with Crippen LogP contribution < -0.4 is 14.2 Å². The lowest BCUT2D eigenvalue weighted by Crippen LogP contribution is -2.05. The van der Waals surface area contributed by atoms with Crippen molar-refractivity contribution in [3.05, 3.63) is 11.6 Å². The maximum Gasteiger partial charge on any atom is 0.204 e. The molecule has 0 heterocycles. The van der Waals surface area contributed by atoms with Gasteiger partial charge in [0.15, 0.2) is 17.3 Å². The SMILES string of the molecule is CCCCCC(=O)c1c(O)cc(OC)c(OC)c1OC. The Morgan fingerprint density at radius 1 is 1.10 bits per heavy atom. The minimum absolute atomic E-state index is 0.152. The number of aromatic hydroxyl groups is 1. The smallest absolute Gasteiger partial charge is 0.204 e. The zero-order valence-electron chi connectivity index (χ0n) is 12.5. The van der Waals surface area contributed by atoms with Gasteiger partial charge in [0.1, 0.15) is 11.3 Å². The number of ether oxygens (including phenoxy) is 3. The zero-order valence-corrected chi connectivity index (χ0v) is 12.5. The van der Waals surface area contributed by atoms with Crippen molar-refractivity contribution in [2.45, 2.75) is 32.6 Å². The molecule has 0 saturated heterocycles. The van der Waals surface area contributed by atoms with E-state index in [1.54, 1.807) is 0 Å². The minimum Gasteiger partial charge on any atom is -0.507 e. The van der Waals surface area contributed by atoms with Gasteiger partial charge in [0.05, 0.1) is 21.3 Å². The molecule has 0 spiro atoms. The number of hydrogen-bond acceptors (Lipinski definition) is 5. The van der Waals surface area contributed by atoms with Crippen molar-refractivity contribution in [1.82, 2.24) is 0 Å². The molecule has 5 heteroatoms. The van der Waals surface area contributed by atoms with Crippen molar-refractivity contribution < 1.29 is 24.1 Å². The third-order valence-corrected chi connectivity index (χ3v) is 3.10. The average molecular weight is 282 g/mol. The molecular formula is C15H22O5. The fourth-order valence-corrected chi connectivity index (χ4v) is 2.07. The van der Waals surface area contributed by atoms with Crippen LogP contribution in [-0.2, 0) is 0 Å². The zero-order chi connectivity index (χ0) is 15.1. The van der Waals surface area contributed by atoms with Crippen LogP contribution in [0, 0.1) is 0 Å². The standard InChI is InChI=1S/C15H22O5/c1-5-6-7-8-10(16)13-11(17)9-12(18-2)14(19-3)15(13)20-4/h9,17H,5-8H2,1-4H3. The van der Waals surface area contributed by atoms with Crippen LogP contribution in [0.4, 0.5) is 0 Å². The Balaban J connectivity index is 3.20. The minimum atomic E-state index is -0.159. The number of Topliss-reactive ketones (excluding diaryl/α,β-unsaturated/α-hetero) is 1. The van der Waals surface area contributed by atoms with E-state index >= 15 is 0 Å². The van der Waals surface area contributed by atoms with Crippen LogP contribution in [0.3, 0.4) is 0 Å². The number of phenols is 1. The lowest BCUT2D eigenvalue weighted by Gasteiger charge is -2.16. The molecule has 0 atom stereocenters. The Morgan fingerprint density at radius 2 is 1.75 bits per heavy atom. The molecule has 1 rings (SSSR count). The summed E-state index contributed by atoms with van der Waals surface area (Å²) in [7, 11) is 4.35. The fourth-order valence-electron chi connectivity index (χ4n) is 2.07. The number of hydrogen-bond donors (Lipinski definition) is 1. The van der Waals surface area contributed by atoms with Gasteiger partial charge in [0, 0.05) is 12.5 Å². The third kappa shape index (κ3) is 3.35. The van der Waals surface area contributed by atoms with Gasteiger partial charge in [-0.05, 0) is 6.42 Å². The largest absolute Gasteiger partial charge is 0.507 e. The van der Waals surface area contributed by atoms with E-state index in [-0.39, 0.29) is 22.8 Å². The lowest BCUT2D eigenvalue weighted by molar-refractivity contribution is 0.0972. The molecule has 1 aromatic rings. The van der Waals surface area contributed by atoms with E-state index in [9.17, 15) is 9.90 Å². The number of carbonyl (C=O) groups is 1. The highest BCUT2D eigenvalue weighted by atomic mass is 16.5. The van der Waals surface area contributed by atoms with Gasteiger partial charge in [0.2, 0.25) is 5.75 Å². The van der Waals surface area contributed by atoms with E-state index < -0.39 is 0 Å². The highest BCUT2D eigenvalue weighted by molar-refractivity contribution is 6.02. The number of carbonyl (C=O) groups excluding carboxylic acids is 1. The Morgan fingerprint density at radius 3 is 2.25 bits per heavy atom. The second-order valence-corrected chi connectivity index (χ2v) is 4.42. The first kappa shape index (κ1) is 16.1.